The monoisotopic (exact) mass is 448 g/mol. The van der Waals surface area contributed by atoms with Crippen LogP contribution < -0.4 is 10.1 Å². The maximum atomic E-state index is 12.0. The van der Waals surface area contributed by atoms with Crippen LogP contribution >= 0.6 is 11.8 Å². The van der Waals surface area contributed by atoms with Crippen molar-refractivity contribution in [1.82, 2.24) is 10.2 Å². The number of hydrogen-bond donors (Lipinski definition) is 3. The number of carboxylic acid groups (broad SMARTS) is 1. The number of phenolic OH excluding ortho intramolecular Hbond substituents is 1. The van der Waals surface area contributed by atoms with Crippen molar-refractivity contribution in [3.63, 3.8) is 0 Å². The predicted molar refractivity (Wildman–Crippen MR) is 119 cm³/mol. The molecule has 2 bridgehead atoms. The highest BCUT2D eigenvalue weighted by molar-refractivity contribution is 7.98. The molecule has 5 rings (SSSR count). The molecular formula is C23H32N2O5S. The molecule has 31 heavy (non-hydrogen) atoms. The second kappa shape index (κ2) is 7.54. The number of piperidine rings is 1. The van der Waals surface area contributed by atoms with Crippen LogP contribution in [0.5, 0.6) is 11.5 Å². The first-order chi connectivity index (χ1) is 14.9. The lowest BCUT2D eigenvalue weighted by molar-refractivity contribution is -0.204. The summed E-state index contributed by atoms with van der Waals surface area (Å²) in [4.78, 5) is 14.4. The highest BCUT2D eigenvalue weighted by Gasteiger charge is 2.73. The van der Waals surface area contributed by atoms with Crippen molar-refractivity contribution in [3.05, 3.63) is 23.3 Å². The Hall–Kier alpha value is -1.48. The Morgan fingerprint density at radius 2 is 2.26 bits per heavy atom. The van der Waals surface area contributed by atoms with E-state index >= 15 is 0 Å². The van der Waals surface area contributed by atoms with Crippen molar-refractivity contribution in [3.8, 4) is 11.5 Å². The Morgan fingerprint density at radius 3 is 2.97 bits per heavy atom. The van der Waals surface area contributed by atoms with Crippen molar-refractivity contribution in [2.75, 3.05) is 32.7 Å². The molecule has 2 aliphatic heterocycles. The molecule has 2 heterocycles. The number of carbonyl (C=O) groups is 1. The molecule has 2 aliphatic carbocycles. The third-order valence-electron chi connectivity index (χ3n) is 8.38. The number of phenols is 1. The number of carboxylic acids is 1. The molecule has 0 amide bonds. The number of methoxy groups -OCH3 is 1. The van der Waals surface area contributed by atoms with Gasteiger partial charge in [0.15, 0.2) is 11.5 Å². The van der Waals surface area contributed by atoms with Gasteiger partial charge in [0.25, 0.3) is 0 Å². The van der Waals surface area contributed by atoms with Crippen molar-refractivity contribution in [1.29, 1.82) is 0 Å². The number of ether oxygens (including phenoxy) is 2. The summed E-state index contributed by atoms with van der Waals surface area (Å²) < 4.78 is 13.0. The molecule has 1 saturated heterocycles. The van der Waals surface area contributed by atoms with Crippen LogP contribution in [0.4, 0.5) is 0 Å². The number of hydrogen-bond acceptors (Lipinski definition) is 7. The number of aromatic hydroxyl groups is 1. The summed E-state index contributed by atoms with van der Waals surface area (Å²) in [7, 11) is 3.98. The highest BCUT2D eigenvalue weighted by atomic mass is 32.2. The molecule has 1 spiro atoms. The zero-order chi connectivity index (χ0) is 22.0. The van der Waals surface area contributed by atoms with Gasteiger partial charge in [-0.3, -0.25) is 10.1 Å². The van der Waals surface area contributed by atoms with Gasteiger partial charge in [0.2, 0.25) is 0 Å². The first-order valence-electron chi connectivity index (χ1n) is 11.1. The van der Waals surface area contributed by atoms with Crippen molar-refractivity contribution in [2.24, 2.45) is 0 Å². The molecule has 3 N–H and O–H groups in total. The molecule has 6 atom stereocenters. The van der Waals surface area contributed by atoms with Crippen LogP contribution in [0.15, 0.2) is 12.1 Å². The topological polar surface area (TPSA) is 91.3 Å². The smallest absolute Gasteiger partial charge is 0.320 e. The summed E-state index contributed by atoms with van der Waals surface area (Å²) in [6, 6.07) is 3.26. The van der Waals surface area contributed by atoms with E-state index in [1.807, 2.05) is 19.4 Å². The third-order valence-corrected chi connectivity index (χ3v) is 9.02. The average Bonchev–Trinajstić information content (AvgIpc) is 3.11. The Kier molecular flexibility index (Phi) is 5.20. The summed E-state index contributed by atoms with van der Waals surface area (Å²) in [6.45, 7) is 0.922. The molecule has 1 saturated carbocycles. The summed E-state index contributed by atoms with van der Waals surface area (Å²) >= 11 is 1.66. The fourth-order valence-corrected chi connectivity index (χ4v) is 7.55. The van der Waals surface area contributed by atoms with Gasteiger partial charge in [-0.25, -0.2) is 0 Å². The van der Waals surface area contributed by atoms with Gasteiger partial charge in [-0.15, -0.1) is 0 Å². The van der Waals surface area contributed by atoms with Crippen LogP contribution in [0.25, 0.3) is 0 Å². The lowest BCUT2D eigenvalue weighted by atomic mass is 9.48. The van der Waals surface area contributed by atoms with Crippen LogP contribution in [-0.4, -0.2) is 83.6 Å². The molecular weight excluding hydrogens is 416 g/mol. The number of thioether (sulfide) groups is 1. The second-order valence-electron chi connectivity index (χ2n) is 9.49. The van der Waals surface area contributed by atoms with E-state index in [0.29, 0.717) is 12.2 Å². The molecule has 4 aliphatic rings. The molecule has 0 unspecified atom stereocenters. The van der Waals surface area contributed by atoms with Crippen molar-refractivity contribution < 1.29 is 24.5 Å². The van der Waals surface area contributed by atoms with Crippen LogP contribution in [0.3, 0.4) is 0 Å². The molecule has 2 fully saturated rings. The Morgan fingerprint density at radius 1 is 1.45 bits per heavy atom. The van der Waals surface area contributed by atoms with Gasteiger partial charge >= 0.3 is 5.97 Å². The third kappa shape index (κ3) is 2.74. The molecule has 1 aromatic carbocycles. The minimum atomic E-state index is -0.820. The standard InChI is InChI=1S/C23H32N2O5S/c1-25-10-9-22-18-13-4-5-16(26)19(18)30-20(22)14(24-15(21(27)28)7-11-31-3)6-8-23(22,29-2)17(25)12-13/h4-5,14-15,17,20,24,26H,6-12H2,1-3H3,(H,27,28)/t14-,15-,17+,20-,22-,23+/m0/s1. The van der Waals surface area contributed by atoms with E-state index in [9.17, 15) is 15.0 Å². The van der Waals surface area contributed by atoms with Gasteiger partial charge in [-0.05, 0) is 69.3 Å². The number of benzene rings is 1. The second-order valence-corrected chi connectivity index (χ2v) is 10.5. The van der Waals surface area contributed by atoms with E-state index in [1.165, 1.54) is 5.56 Å². The maximum Gasteiger partial charge on any atom is 0.320 e. The molecule has 0 radical (unpaired) electrons. The minimum absolute atomic E-state index is 0.118. The van der Waals surface area contributed by atoms with Gasteiger partial charge < -0.3 is 24.6 Å². The number of rotatable bonds is 7. The summed E-state index contributed by atoms with van der Waals surface area (Å²) in [5.41, 5.74) is 1.52. The molecule has 8 heteroatoms. The first kappa shape index (κ1) is 21.4. The van der Waals surface area contributed by atoms with Crippen LogP contribution in [0.2, 0.25) is 0 Å². The van der Waals surface area contributed by atoms with Crippen molar-refractivity contribution >= 4 is 17.7 Å². The van der Waals surface area contributed by atoms with E-state index in [2.05, 4.69) is 17.3 Å². The summed E-state index contributed by atoms with van der Waals surface area (Å²) in [5.74, 6) is 0.712. The Balaban J connectivity index is 1.61. The van der Waals surface area contributed by atoms with Gasteiger partial charge in [-0.1, -0.05) is 6.07 Å². The number of likely N-dealkylation sites (tertiary alicyclic amines) is 1. The maximum absolute atomic E-state index is 12.0. The molecule has 1 aromatic rings. The van der Waals surface area contributed by atoms with Gasteiger partial charge in [0.05, 0.1) is 11.0 Å². The lowest BCUT2D eigenvalue weighted by Gasteiger charge is -2.65. The summed E-state index contributed by atoms with van der Waals surface area (Å²) in [6.07, 6.45) is 5.63. The fraction of sp³-hybridized carbons (Fsp3) is 0.696. The fourth-order valence-electron chi connectivity index (χ4n) is 7.08. The average molecular weight is 449 g/mol. The van der Waals surface area contributed by atoms with E-state index in [4.69, 9.17) is 9.47 Å². The Bertz CT molecular complexity index is 897. The highest BCUT2D eigenvalue weighted by Crippen LogP contribution is 2.66. The SMILES string of the molecule is CO[C@@]12CC[C@H](N[C@@H](CCSC)C(=O)O)[C@@H]3Oc4c(O)ccc5c4[C@@]31CCN(C)[C@@H]2C5. The van der Waals surface area contributed by atoms with E-state index in [0.717, 1.165) is 43.5 Å². The van der Waals surface area contributed by atoms with Crippen LogP contribution in [-0.2, 0) is 21.4 Å². The van der Waals surface area contributed by atoms with Crippen molar-refractivity contribution in [2.45, 2.75) is 67.3 Å². The quantitative estimate of drug-likeness (QED) is 0.584. The van der Waals surface area contributed by atoms with Crippen LogP contribution in [0, 0.1) is 0 Å². The zero-order valence-electron chi connectivity index (χ0n) is 18.4. The number of likely N-dealkylation sites (N-methyl/N-ethyl adjacent to an activating group) is 1. The van der Waals surface area contributed by atoms with Gasteiger partial charge in [0.1, 0.15) is 12.1 Å². The van der Waals surface area contributed by atoms with Gasteiger partial charge in [-0.2, -0.15) is 11.8 Å². The van der Waals surface area contributed by atoms with E-state index in [1.54, 1.807) is 17.8 Å². The first-order valence-corrected chi connectivity index (χ1v) is 12.5. The minimum Gasteiger partial charge on any atom is -0.504 e. The number of nitrogens with one attached hydrogen (secondary N) is 1. The van der Waals surface area contributed by atoms with E-state index < -0.39 is 17.6 Å². The lowest BCUT2D eigenvalue weighted by Crippen LogP contribution is -2.78. The summed E-state index contributed by atoms with van der Waals surface area (Å²) in [5, 5.41) is 24.0. The normalized spacial score (nSPS) is 36.5. The van der Waals surface area contributed by atoms with Crippen LogP contribution in [0.1, 0.15) is 36.8 Å². The largest absolute Gasteiger partial charge is 0.504 e. The van der Waals surface area contributed by atoms with E-state index in [-0.39, 0.29) is 29.4 Å². The molecule has 0 aromatic heterocycles. The number of aliphatic carboxylic acids is 1. The Labute approximate surface area is 187 Å². The number of nitrogens with zero attached hydrogens (tertiary/aromatic N) is 1. The zero-order valence-corrected chi connectivity index (χ0v) is 19.2. The van der Waals surface area contributed by atoms with Gasteiger partial charge in [0, 0.05) is 24.8 Å². The molecule has 7 nitrogen and oxygen atoms in total. The molecule has 170 valence electrons. The predicted octanol–water partition coefficient (Wildman–Crippen LogP) is 1.99.